The van der Waals surface area contributed by atoms with Crippen LogP contribution in [-0.2, 0) is 4.79 Å². The minimum absolute atomic E-state index is 0.00497. The molecule has 0 unspecified atom stereocenters. The normalized spacial score (nSPS) is 10.1. The number of anilines is 1. The zero-order chi connectivity index (χ0) is 16.7. The molecule has 1 amide bonds. The molecule has 0 radical (unpaired) electrons. The molecule has 2 aromatic rings. The molecule has 0 fully saturated rings. The number of carbonyl (C=O) groups excluding carboxylic acids is 1. The van der Waals surface area contributed by atoms with Crippen molar-refractivity contribution in [3.8, 4) is 5.75 Å². The Morgan fingerprint density at radius 2 is 1.87 bits per heavy atom. The first-order valence-corrected chi connectivity index (χ1v) is 7.29. The quantitative estimate of drug-likeness (QED) is 0.480. The number of para-hydroxylation sites is 1. The SMILES string of the molecule is Cc1ccccc1OCCCC(=O)Nc1ccc([N+](=O)[O-])cc1. The van der Waals surface area contributed by atoms with Crippen LogP contribution in [0, 0.1) is 17.0 Å². The van der Waals surface area contributed by atoms with Crippen LogP contribution >= 0.6 is 0 Å². The molecule has 1 N–H and O–H groups in total. The zero-order valence-corrected chi connectivity index (χ0v) is 12.8. The molecule has 120 valence electrons. The van der Waals surface area contributed by atoms with Gasteiger partial charge in [0.05, 0.1) is 11.5 Å². The Morgan fingerprint density at radius 3 is 2.52 bits per heavy atom. The standard InChI is InChI=1S/C17H18N2O4/c1-13-5-2-3-6-16(13)23-12-4-7-17(20)18-14-8-10-15(11-9-14)19(21)22/h2-3,5-6,8-11H,4,7,12H2,1H3,(H,18,20). The highest BCUT2D eigenvalue weighted by atomic mass is 16.6. The van der Waals surface area contributed by atoms with Crippen LogP contribution < -0.4 is 10.1 Å². The predicted molar refractivity (Wildman–Crippen MR) is 87.6 cm³/mol. The van der Waals surface area contributed by atoms with Gasteiger partial charge in [-0.15, -0.1) is 0 Å². The molecule has 0 saturated carbocycles. The number of rotatable bonds is 7. The van der Waals surface area contributed by atoms with Gasteiger partial charge in [-0.25, -0.2) is 0 Å². The van der Waals surface area contributed by atoms with E-state index in [0.717, 1.165) is 11.3 Å². The third-order valence-corrected chi connectivity index (χ3v) is 3.26. The molecule has 0 heterocycles. The van der Waals surface area contributed by atoms with Crippen molar-refractivity contribution in [2.45, 2.75) is 19.8 Å². The largest absolute Gasteiger partial charge is 0.493 e. The van der Waals surface area contributed by atoms with E-state index in [4.69, 9.17) is 4.74 Å². The number of non-ortho nitro benzene ring substituents is 1. The van der Waals surface area contributed by atoms with Gasteiger partial charge in [0, 0.05) is 24.2 Å². The fourth-order valence-electron chi connectivity index (χ4n) is 2.02. The smallest absolute Gasteiger partial charge is 0.269 e. The van der Waals surface area contributed by atoms with Gasteiger partial charge >= 0.3 is 0 Å². The van der Waals surface area contributed by atoms with Gasteiger partial charge in [0.2, 0.25) is 5.91 Å². The van der Waals surface area contributed by atoms with Crippen LogP contribution in [0.4, 0.5) is 11.4 Å². The molecule has 0 saturated heterocycles. The minimum atomic E-state index is -0.478. The third kappa shape index (κ3) is 5.10. The van der Waals surface area contributed by atoms with Crippen molar-refractivity contribution < 1.29 is 14.5 Å². The molecule has 2 aromatic carbocycles. The van der Waals surface area contributed by atoms with E-state index in [-0.39, 0.29) is 11.6 Å². The fraction of sp³-hybridized carbons (Fsp3) is 0.235. The number of hydrogen-bond donors (Lipinski definition) is 1. The molecule has 0 aliphatic carbocycles. The van der Waals surface area contributed by atoms with E-state index >= 15 is 0 Å². The minimum Gasteiger partial charge on any atom is -0.493 e. The van der Waals surface area contributed by atoms with Crippen molar-refractivity contribution in [1.82, 2.24) is 0 Å². The molecule has 23 heavy (non-hydrogen) atoms. The molecule has 0 spiro atoms. The summed E-state index contributed by atoms with van der Waals surface area (Å²) in [5, 5.41) is 13.3. The number of ether oxygens (including phenoxy) is 1. The average Bonchev–Trinajstić information content (AvgIpc) is 2.53. The number of amides is 1. The Kier molecular flexibility index (Phi) is 5.68. The van der Waals surface area contributed by atoms with Gasteiger partial charge in [-0.3, -0.25) is 14.9 Å². The van der Waals surface area contributed by atoms with Crippen LogP contribution in [0.15, 0.2) is 48.5 Å². The summed E-state index contributed by atoms with van der Waals surface area (Å²) in [7, 11) is 0. The average molecular weight is 314 g/mol. The van der Waals surface area contributed by atoms with Gasteiger partial charge in [0.25, 0.3) is 5.69 Å². The lowest BCUT2D eigenvalue weighted by atomic mass is 10.2. The molecule has 0 aromatic heterocycles. The van der Waals surface area contributed by atoms with Crippen molar-refractivity contribution in [2.24, 2.45) is 0 Å². The maximum Gasteiger partial charge on any atom is 0.269 e. The zero-order valence-electron chi connectivity index (χ0n) is 12.8. The lowest BCUT2D eigenvalue weighted by Gasteiger charge is -2.09. The summed E-state index contributed by atoms with van der Waals surface area (Å²) in [5.41, 5.74) is 1.60. The highest BCUT2D eigenvalue weighted by Gasteiger charge is 2.06. The first kappa shape index (κ1) is 16.5. The molecular formula is C17H18N2O4. The summed E-state index contributed by atoms with van der Waals surface area (Å²) in [4.78, 5) is 21.9. The topological polar surface area (TPSA) is 81.5 Å². The number of nitrogens with zero attached hydrogens (tertiary/aromatic N) is 1. The van der Waals surface area contributed by atoms with Crippen molar-refractivity contribution in [1.29, 1.82) is 0 Å². The molecule has 6 heteroatoms. The molecule has 2 rings (SSSR count). The van der Waals surface area contributed by atoms with Crippen LogP contribution in [-0.4, -0.2) is 17.4 Å². The monoisotopic (exact) mass is 314 g/mol. The van der Waals surface area contributed by atoms with E-state index < -0.39 is 4.92 Å². The van der Waals surface area contributed by atoms with E-state index in [2.05, 4.69) is 5.32 Å². The van der Waals surface area contributed by atoms with E-state index in [1.165, 1.54) is 24.3 Å². The van der Waals surface area contributed by atoms with Crippen molar-refractivity contribution >= 4 is 17.3 Å². The fourth-order valence-corrected chi connectivity index (χ4v) is 2.02. The van der Waals surface area contributed by atoms with Gasteiger partial charge in [0.15, 0.2) is 0 Å². The van der Waals surface area contributed by atoms with Crippen LogP contribution in [0.25, 0.3) is 0 Å². The number of nitrogens with one attached hydrogen (secondary N) is 1. The predicted octanol–water partition coefficient (Wildman–Crippen LogP) is 3.70. The van der Waals surface area contributed by atoms with Crippen molar-refractivity contribution in [2.75, 3.05) is 11.9 Å². The van der Waals surface area contributed by atoms with Crippen LogP contribution in [0.1, 0.15) is 18.4 Å². The van der Waals surface area contributed by atoms with Gasteiger partial charge in [-0.2, -0.15) is 0 Å². The molecule has 0 bridgehead atoms. The molecular weight excluding hydrogens is 296 g/mol. The van der Waals surface area contributed by atoms with Gasteiger partial charge in [-0.05, 0) is 37.1 Å². The first-order valence-electron chi connectivity index (χ1n) is 7.29. The molecule has 0 atom stereocenters. The van der Waals surface area contributed by atoms with E-state index in [1.54, 1.807) is 0 Å². The summed E-state index contributed by atoms with van der Waals surface area (Å²) in [5.74, 6) is 0.676. The Bertz CT molecular complexity index is 683. The number of nitro groups is 1. The number of carbonyl (C=O) groups is 1. The summed E-state index contributed by atoms with van der Waals surface area (Å²) in [6, 6.07) is 13.5. The van der Waals surface area contributed by atoms with Gasteiger partial charge in [-0.1, -0.05) is 18.2 Å². The Morgan fingerprint density at radius 1 is 1.17 bits per heavy atom. The van der Waals surface area contributed by atoms with Gasteiger partial charge in [0.1, 0.15) is 5.75 Å². The molecule has 6 nitrogen and oxygen atoms in total. The van der Waals surface area contributed by atoms with E-state index in [1.807, 2.05) is 31.2 Å². The van der Waals surface area contributed by atoms with Crippen LogP contribution in [0.5, 0.6) is 5.75 Å². The number of benzene rings is 2. The maximum atomic E-state index is 11.8. The summed E-state index contributed by atoms with van der Waals surface area (Å²) in [6.45, 7) is 2.43. The highest BCUT2D eigenvalue weighted by Crippen LogP contribution is 2.17. The van der Waals surface area contributed by atoms with Crippen molar-refractivity contribution in [3.63, 3.8) is 0 Å². The Balaban J connectivity index is 1.73. The third-order valence-electron chi connectivity index (χ3n) is 3.26. The highest BCUT2D eigenvalue weighted by molar-refractivity contribution is 5.90. The van der Waals surface area contributed by atoms with Gasteiger partial charge < -0.3 is 10.1 Å². The lowest BCUT2D eigenvalue weighted by molar-refractivity contribution is -0.384. The molecule has 0 aliphatic heterocycles. The maximum absolute atomic E-state index is 11.8. The van der Waals surface area contributed by atoms with E-state index in [0.29, 0.717) is 25.1 Å². The molecule has 0 aliphatic rings. The second-order valence-corrected chi connectivity index (χ2v) is 5.07. The number of nitro benzene ring substituents is 1. The van der Waals surface area contributed by atoms with Crippen molar-refractivity contribution in [3.05, 3.63) is 64.2 Å². The lowest BCUT2D eigenvalue weighted by Crippen LogP contribution is -2.12. The van der Waals surface area contributed by atoms with Crippen LogP contribution in [0.3, 0.4) is 0 Å². The second-order valence-electron chi connectivity index (χ2n) is 5.07. The Hall–Kier alpha value is -2.89. The number of hydrogen-bond acceptors (Lipinski definition) is 4. The van der Waals surface area contributed by atoms with E-state index in [9.17, 15) is 14.9 Å². The first-order chi connectivity index (χ1) is 11.1. The Labute approximate surface area is 134 Å². The second kappa shape index (κ2) is 7.93. The summed E-state index contributed by atoms with van der Waals surface area (Å²) in [6.07, 6.45) is 0.913. The summed E-state index contributed by atoms with van der Waals surface area (Å²) >= 11 is 0. The number of aryl methyl sites for hydroxylation is 1. The van der Waals surface area contributed by atoms with Crippen LogP contribution in [0.2, 0.25) is 0 Å². The summed E-state index contributed by atoms with van der Waals surface area (Å²) < 4.78 is 5.62.